The average Bonchev–Trinajstić information content (AvgIpc) is 2.33. The number of carbonyl (C=O) groups is 1. The number of halogens is 1. The molecule has 4 nitrogen and oxygen atoms in total. The number of nitrogens with zero attached hydrogens (tertiary/aromatic N) is 2. The third-order valence-corrected chi connectivity index (χ3v) is 3.54. The molecule has 0 aliphatic carbocycles. The van der Waals surface area contributed by atoms with E-state index in [-0.39, 0.29) is 6.42 Å². The predicted octanol–water partition coefficient (Wildman–Crippen LogP) is 3.07. The van der Waals surface area contributed by atoms with Crippen molar-refractivity contribution in [2.75, 3.05) is 0 Å². The lowest BCUT2D eigenvalue weighted by Crippen LogP contribution is -2.10. The molecule has 0 aliphatic heterocycles. The largest absolute Gasteiger partial charge is 0.481 e. The van der Waals surface area contributed by atoms with E-state index in [1.807, 2.05) is 38.1 Å². The Morgan fingerprint density at radius 2 is 1.90 bits per heavy atom. The molecule has 0 spiro atoms. The Labute approximate surface area is 126 Å². The quantitative estimate of drug-likeness (QED) is 0.933. The van der Waals surface area contributed by atoms with Crippen molar-refractivity contribution in [3.8, 4) is 0 Å². The van der Waals surface area contributed by atoms with Gasteiger partial charge in [0, 0.05) is 27.8 Å². The molecule has 0 unspecified atom stereocenters. The molecule has 0 atom stereocenters. The van der Waals surface area contributed by atoms with E-state index in [9.17, 15) is 4.79 Å². The van der Waals surface area contributed by atoms with Gasteiger partial charge in [0.25, 0.3) is 0 Å². The first-order valence-corrected chi connectivity index (χ1v) is 7.04. The monoisotopic (exact) mass is 334 g/mol. The van der Waals surface area contributed by atoms with E-state index in [1.54, 1.807) is 0 Å². The van der Waals surface area contributed by atoms with Gasteiger partial charge in [-0.2, -0.15) is 0 Å². The van der Waals surface area contributed by atoms with Gasteiger partial charge in [0.2, 0.25) is 0 Å². The third kappa shape index (κ3) is 3.63. The zero-order valence-corrected chi connectivity index (χ0v) is 12.9. The highest BCUT2D eigenvalue weighted by molar-refractivity contribution is 9.10. The summed E-state index contributed by atoms with van der Waals surface area (Å²) in [6.45, 7) is 3.66. The Morgan fingerprint density at radius 3 is 2.45 bits per heavy atom. The zero-order chi connectivity index (χ0) is 14.7. The fourth-order valence-electron chi connectivity index (χ4n) is 2.12. The lowest BCUT2D eigenvalue weighted by Gasteiger charge is -2.09. The van der Waals surface area contributed by atoms with Crippen molar-refractivity contribution in [3.05, 3.63) is 57.1 Å². The zero-order valence-electron chi connectivity index (χ0n) is 11.4. The Hall–Kier alpha value is -1.75. The molecular weight excluding hydrogens is 320 g/mol. The molecule has 0 amide bonds. The summed E-state index contributed by atoms with van der Waals surface area (Å²) in [5.41, 5.74) is 3.30. The average molecular weight is 335 g/mol. The van der Waals surface area contributed by atoms with Crippen LogP contribution in [0.5, 0.6) is 0 Å². The molecule has 0 bridgehead atoms. The van der Waals surface area contributed by atoms with Gasteiger partial charge in [-0.15, -0.1) is 0 Å². The molecule has 0 aliphatic rings. The molecule has 104 valence electrons. The minimum absolute atomic E-state index is 0.0329. The van der Waals surface area contributed by atoms with Crippen LogP contribution in [0.15, 0.2) is 28.7 Å². The van der Waals surface area contributed by atoms with Crippen molar-refractivity contribution in [1.29, 1.82) is 0 Å². The predicted molar refractivity (Wildman–Crippen MR) is 79.8 cm³/mol. The van der Waals surface area contributed by atoms with Gasteiger partial charge in [-0.25, -0.2) is 9.97 Å². The molecule has 0 saturated carbocycles. The van der Waals surface area contributed by atoms with Crippen LogP contribution >= 0.6 is 15.9 Å². The molecule has 20 heavy (non-hydrogen) atoms. The minimum atomic E-state index is -0.862. The summed E-state index contributed by atoms with van der Waals surface area (Å²) in [6, 6.07) is 7.98. The van der Waals surface area contributed by atoms with Crippen LogP contribution in [0.3, 0.4) is 0 Å². The summed E-state index contributed by atoms with van der Waals surface area (Å²) in [5.74, 6) is -0.147. The maximum atomic E-state index is 10.8. The highest BCUT2D eigenvalue weighted by atomic mass is 79.9. The number of aliphatic carboxylic acids is 1. The standard InChI is InChI=1S/C15H15BrN2O2/c1-9-13(8-15(19)20)10(2)18-14(17-9)7-11-4-3-5-12(16)6-11/h3-6H,7-8H2,1-2H3,(H,19,20). The van der Waals surface area contributed by atoms with Gasteiger partial charge in [0.15, 0.2) is 0 Å². The van der Waals surface area contributed by atoms with Gasteiger partial charge in [0.05, 0.1) is 6.42 Å². The number of carboxylic acid groups (broad SMARTS) is 1. The molecular formula is C15H15BrN2O2. The maximum Gasteiger partial charge on any atom is 0.307 e. The van der Waals surface area contributed by atoms with E-state index in [4.69, 9.17) is 5.11 Å². The maximum absolute atomic E-state index is 10.8. The number of benzene rings is 1. The molecule has 5 heteroatoms. The normalized spacial score (nSPS) is 10.6. The summed E-state index contributed by atoms with van der Waals surface area (Å²) in [4.78, 5) is 19.7. The molecule has 0 saturated heterocycles. The minimum Gasteiger partial charge on any atom is -0.481 e. The van der Waals surface area contributed by atoms with Crippen LogP contribution in [0, 0.1) is 13.8 Å². The molecule has 1 aromatic carbocycles. The fourth-order valence-corrected chi connectivity index (χ4v) is 2.57. The number of aryl methyl sites for hydroxylation is 2. The van der Waals surface area contributed by atoms with Crippen LogP contribution in [-0.2, 0) is 17.6 Å². The van der Waals surface area contributed by atoms with Crippen LogP contribution < -0.4 is 0 Å². The first kappa shape index (κ1) is 14.7. The van der Waals surface area contributed by atoms with Crippen molar-refractivity contribution < 1.29 is 9.90 Å². The van der Waals surface area contributed by atoms with E-state index in [1.165, 1.54) is 0 Å². The molecule has 1 heterocycles. The van der Waals surface area contributed by atoms with Crippen LogP contribution in [-0.4, -0.2) is 21.0 Å². The first-order valence-electron chi connectivity index (χ1n) is 6.25. The Morgan fingerprint density at radius 1 is 1.25 bits per heavy atom. The molecule has 0 radical (unpaired) electrons. The van der Waals surface area contributed by atoms with Gasteiger partial charge >= 0.3 is 5.97 Å². The lowest BCUT2D eigenvalue weighted by atomic mass is 10.1. The first-order chi connectivity index (χ1) is 9.45. The van der Waals surface area contributed by atoms with E-state index in [0.29, 0.717) is 17.8 Å². The molecule has 0 fully saturated rings. The van der Waals surface area contributed by atoms with Gasteiger partial charge in [-0.3, -0.25) is 4.79 Å². The number of carboxylic acids is 1. The second-order valence-corrected chi connectivity index (χ2v) is 5.58. The topological polar surface area (TPSA) is 63.1 Å². The highest BCUT2D eigenvalue weighted by Crippen LogP contribution is 2.16. The van der Waals surface area contributed by atoms with Gasteiger partial charge in [0.1, 0.15) is 5.82 Å². The van der Waals surface area contributed by atoms with Crippen LogP contribution in [0.4, 0.5) is 0 Å². The van der Waals surface area contributed by atoms with Gasteiger partial charge in [-0.1, -0.05) is 28.1 Å². The summed E-state index contributed by atoms with van der Waals surface area (Å²) in [6.07, 6.45) is 0.600. The summed E-state index contributed by atoms with van der Waals surface area (Å²) >= 11 is 3.44. The molecule has 2 aromatic rings. The van der Waals surface area contributed by atoms with Gasteiger partial charge in [-0.05, 0) is 31.5 Å². The second-order valence-electron chi connectivity index (χ2n) is 4.67. The van der Waals surface area contributed by atoms with Crippen molar-refractivity contribution in [1.82, 2.24) is 9.97 Å². The number of aromatic nitrogens is 2. The SMILES string of the molecule is Cc1nc(Cc2cccc(Br)c2)nc(C)c1CC(=O)O. The highest BCUT2D eigenvalue weighted by Gasteiger charge is 2.12. The smallest absolute Gasteiger partial charge is 0.307 e. The van der Waals surface area contributed by atoms with E-state index < -0.39 is 5.97 Å². The van der Waals surface area contributed by atoms with Crippen molar-refractivity contribution in [3.63, 3.8) is 0 Å². The van der Waals surface area contributed by atoms with Crippen LogP contribution in [0.25, 0.3) is 0 Å². The van der Waals surface area contributed by atoms with Crippen LogP contribution in [0.2, 0.25) is 0 Å². The fraction of sp³-hybridized carbons (Fsp3) is 0.267. The Bertz CT molecular complexity index is 633. The number of hydrogen-bond donors (Lipinski definition) is 1. The number of rotatable bonds is 4. The van der Waals surface area contributed by atoms with Crippen molar-refractivity contribution in [2.24, 2.45) is 0 Å². The van der Waals surface area contributed by atoms with Crippen molar-refractivity contribution >= 4 is 21.9 Å². The van der Waals surface area contributed by atoms with Gasteiger partial charge < -0.3 is 5.11 Å². The summed E-state index contributed by atoms with van der Waals surface area (Å²) in [5, 5.41) is 8.89. The van der Waals surface area contributed by atoms with Crippen LogP contribution in [0.1, 0.15) is 28.3 Å². The number of hydrogen-bond acceptors (Lipinski definition) is 3. The third-order valence-electron chi connectivity index (χ3n) is 3.05. The Balaban J connectivity index is 2.28. The lowest BCUT2D eigenvalue weighted by molar-refractivity contribution is -0.136. The molecule has 1 aromatic heterocycles. The summed E-state index contributed by atoms with van der Waals surface area (Å²) < 4.78 is 1.02. The Kier molecular flexibility index (Phi) is 4.49. The van der Waals surface area contributed by atoms with E-state index in [0.717, 1.165) is 21.4 Å². The van der Waals surface area contributed by atoms with E-state index in [2.05, 4.69) is 25.9 Å². The molecule has 2 rings (SSSR count). The second kappa shape index (κ2) is 6.13. The van der Waals surface area contributed by atoms with E-state index >= 15 is 0 Å². The van der Waals surface area contributed by atoms with Crippen molar-refractivity contribution in [2.45, 2.75) is 26.7 Å². The molecule has 1 N–H and O–H groups in total. The summed E-state index contributed by atoms with van der Waals surface area (Å²) in [7, 11) is 0.